The van der Waals surface area contributed by atoms with Crippen LogP contribution in [0.3, 0.4) is 0 Å². The molecule has 1 aromatic rings. The number of aromatic carboxylic acids is 1. The number of imide groups is 1. The Morgan fingerprint density at radius 1 is 1.33 bits per heavy atom. The fraction of sp³-hybridized carbons (Fsp3) is 0.250. The van der Waals surface area contributed by atoms with Crippen molar-refractivity contribution in [1.82, 2.24) is 4.90 Å². The van der Waals surface area contributed by atoms with Gasteiger partial charge in [-0.15, -0.1) is 0 Å². The molecule has 1 aliphatic rings. The molecule has 0 atom stereocenters. The lowest BCUT2D eigenvalue weighted by Crippen LogP contribution is -2.45. The highest BCUT2D eigenvalue weighted by molar-refractivity contribution is 5.99. The molecule has 0 saturated carbocycles. The topological polar surface area (TPSA) is 127 Å². The molecular weight excluding hydrogens is 284 g/mol. The second-order valence-electron chi connectivity index (χ2n) is 4.24. The molecule has 21 heavy (non-hydrogen) atoms. The van der Waals surface area contributed by atoms with Crippen LogP contribution in [0.15, 0.2) is 18.2 Å². The normalized spacial score (nSPS) is 15.1. The number of amides is 2. The van der Waals surface area contributed by atoms with Crippen molar-refractivity contribution in [2.24, 2.45) is 0 Å². The second-order valence-corrected chi connectivity index (χ2v) is 4.24. The maximum atomic E-state index is 11.6. The van der Waals surface area contributed by atoms with Crippen molar-refractivity contribution in [2.45, 2.75) is 6.54 Å². The van der Waals surface area contributed by atoms with Crippen LogP contribution in [0.1, 0.15) is 15.9 Å². The van der Waals surface area contributed by atoms with Crippen molar-refractivity contribution >= 4 is 23.5 Å². The number of ether oxygens (including phenoxy) is 1. The predicted molar refractivity (Wildman–Crippen MR) is 66.4 cm³/mol. The van der Waals surface area contributed by atoms with Crippen LogP contribution in [-0.2, 0) is 20.9 Å². The highest BCUT2D eigenvalue weighted by atomic mass is 16.6. The quantitative estimate of drug-likeness (QED) is 0.476. The van der Waals surface area contributed by atoms with Crippen LogP contribution in [-0.4, -0.2) is 45.9 Å². The van der Waals surface area contributed by atoms with Gasteiger partial charge in [-0.25, -0.2) is 4.79 Å². The first-order valence-electron chi connectivity index (χ1n) is 5.82. The second kappa shape index (κ2) is 5.67. The summed E-state index contributed by atoms with van der Waals surface area (Å²) in [7, 11) is 0. The Hall–Kier alpha value is -2.81. The third kappa shape index (κ3) is 2.87. The number of carboxylic acids is 1. The zero-order valence-corrected chi connectivity index (χ0v) is 10.6. The molecule has 1 aromatic carbocycles. The van der Waals surface area contributed by atoms with Crippen molar-refractivity contribution < 1.29 is 29.2 Å². The van der Waals surface area contributed by atoms with Gasteiger partial charge >= 0.3 is 5.97 Å². The van der Waals surface area contributed by atoms with Crippen LogP contribution in [0.2, 0.25) is 0 Å². The van der Waals surface area contributed by atoms with E-state index in [9.17, 15) is 24.5 Å². The Kier molecular flexibility index (Phi) is 3.94. The SMILES string of the molecule is O=C(O)c1c(CN2C(=O)COCC2=O)cccc1[N+](=O)[O-]. The Morgan fingerprint density at radius 2 is 1.95 bits per heavy atom. The number of nitro groups is 1. The first-order chi connectivity index (χ1) is 9.91. The lowest BCUT2D eigenvalue weighted by molar-refractivity contribution is -0.385. The number of nitrogens with zero attached hydrogens (tertiary/aromatic N) is 2. The van der Waals surface area contributed by atoms with Gasteiger partial charge in [0.15, 0.2) is 0 Å². The van der Waals surface area contributed by atoms with Gasteiger partial charge in [0.25, 0.3) is 17.5 Å². The van der Waals surface area contributed by atoms with Gasteiger partial charge < -0.3 is 9.84 Å². The van der Waals surface area contributed by atoms with Crippen LogP contribution in [0.5, 0.6) is 0 Å². The summed E-state index contributed by atoms with van der Waals surface area (Å²) in [4.78, 5) is 45.3. The molecule has 0 aromatic heterocycles. The predicted octanol–water partition coefficient (Wildman–Crippen LogP) is 0.178. The Bertz CT molecular complexity index is 624. The summed E-state index contributed by atoms with van der Waals surface area (Å²) < 4.78 is 4.74. The van der Waals surface area contributed by atoms with Gasteiger partial charge in [0.1, 0.15) is 18.8 Å². The lowest BCUT2D eigenvalue weighted by atomic mass is 10.0. The van der Waals surface area contributed by atoms with E-state index in [0.29, 0.717) is 0 Å². The average molecular weight is 294 g/mol. The summed E-state index contributed by atoms with van der Waals surface area (Å²) in [5, 5.41) is 20.0. The van der Waals surface area contributed by atoms with E-state index in [1.165, 1.54) is 12.1 Å². The van der Waals surface area contributed by atoms with Gasteiger partial charge in [-0.1, -0.05) is 12.1 Å². The van der Waals surface area contributed by atoms with Crippen LogP contribution < -0.4 is 0 Å². The van der Waals surface area contributed by atoms with Crippen molar-refractivity contribution in [2.75, 3.05) is 13.2 Å². The van der Waals surface area contributed by atoms with Crippen molar-refractivity contribution in [3.05, 3.63) is 39.4 Å². The standard InChI is InChI=1S/C12H10N2O7/c15-9-5-21-6-10(16)13(9)4-7-2-1-3-8(14(19)20)11(7)12(17)18/h1-3H,4-6H2,(H,17,18). The fourth-order valence-electron chi connectivity index (χ4n) is 1.98. The monoisotopic (exact) mass is 294 g/mol. The summed E-state index contributed by atoms with van der Waals surface area (Å²) in [6, 6.07) is 3.68. The number of hydrogen-bond acceptors (Lipinski definition) is 6. The molecule has 0 aliphatic carbocycles. The van der Waals surface area contributed by atoms with E-state index in [1.54, 1.807) is 0 Å². The van der Waals surface area contributed by atoms with Crippen LogP contribution >= 0.6 is 0 Å². The minimum Gasteiger partial charge on any atom is -0.477 e. The Labute approximate surface area is 117 Å². The minimum absolute atomic E-state index is 0.0142. The van der Waals surface area contributed by atoms with Crippen LogP contribution in [0.25, 0.3) is 0 Å². The highest BCUT2D eigenvalue weighted by Gasteiger charge is 2.30. The number of carbonyl (C=O) groups excluding carboxylic acids is 2. The molecule has 9 nitrogen and oxygen atoms in total. The molecule has 1 saturated heterocycles. The molecule has 1 fully saturated rings. The van der Waals surface area contributed by atoms with Crippen LogP contribution in [0.4, 0.5) is 5.69 Å². The summed E-state index contributed by atoms with van der Waals surface area (Å²) in [6.07, 6.45) is 0. The lowest BCUT2D eigenvalue weighted by Gasteiger charge is -2.25. The number of nitro benzene ring substituents is 1. The number of benzene rings is 1. The molecule has 0 bridgehead atoms. The third-order valence-electron chi connectivity index (χ3n) is 2.92. The summed E-state index contributed by atoms with van der Waals surface area (Å²) in [5.41, 5.74) is -1.11. The van der Waals surface area contributed by atoms with E-state index in [4.69, 9.17) is 9.84 Å². The molecule has 110 valence electrons. The molecule has 1 heterocycles. The first-order valence-corrected chi connectivity index (χ1v) is 5.82. The number of morpholine rings is 1. The summed E-state index contributed by atoms with van der Waals surface area (Å²) in [6.45, 7) is -0.920. The zero-order chi connectivity index (χ0) is 15.6. The molecule has 0 unspecified atom stereocenters. The van der Waals surface area contributed by atoms with Gasteiger partial charge in [-0.05, 0) is 5.56 Å². The smallest absolute Gasteiger partial charge is 0.343 e. The fourth-order valence-corrected chi connectivity index (χ4v) is 1.98. The maximum absolute atomic E-state index is 11.6. The largest absolute Gasteiger partial charge is 0.477 e. The van der Waals surface area contributed by atoms with Gasteiger partial charge in [0.2, 0.25) is 0 Å². The molecule has 2 rings (SSSR count). The van der Waals surface area contributed by atoms with Gasteiger partial charge in [0, 0.05) is 6.07 Å². The van der Waals surface area contributed by atoms with E-state index >= 15 is 0 Å². The number of hydrogen-bond donors (Lipinski definition) is 1. The number of rotatable bonds is 4. The van der Waals surface area contributed by atoms with E-state index in [0.717, 1.165) is 11.0 Å². The molecule has 1 aliphatic heterocycles. The molecule has 1 N–H and O–H groups in total. The Balaban J connectivity index is 2.42. The van der Waals surface area contributed by atoms with Crippen LogP contribution in [0, 0.1) is 10.1 Å². The number of carboxylic acid groups (broad SMARTS) is 1. The average Bonchev–Trinajstić information content (AvgIpc) is 2.42. The first kappa shape index (κ1) is 14.6. The van der Waals surface area contributed by atoms with Gasteiger partial charge in [0.05, 0.1) is 11.5 Å². The van der Waals surface area contributed by atoms with Crippen molar-refractivity contribution in [1.29, 1.82) is 0 Å². The number of carbonyl (C=O) groups is 3. The molecule has 0 radical (unpaired) electrons. The third-order valence-corrected chi connectivity index (χ3v) is 2.92. The van der Waals surface area contributed by atoms with Crippen molar-refractivity contribution in [3.8, 4) is 0 Å². The molecule has 0 spiro atoms. The van der Waals surface area contributed by atoms with E-state index < -0.39 is 34.0 Å². The van der Waals surface area contributed by atoms with Gasteiger partial charge in [-0.2, -0.15) is 0 Å². The van der Waals surface area contributed by atoms with Gasteiger partial charge in [-0.3, -0.25) is 24.6 Å². The van der Waals surface area contributed by atoms with E-state index in [1.807, 2.05) is 0 Å². The molecule has 9 heteroatoms. The summed E-state index contributed by atoms with van der Waals surface area (Å²) >= 11 is 0. The van der Waals surface area contributed by atoms with Crippen molar-refractivity contribution in [3.63, 3.8) is 0 Å². The van der Waals surface area contributed by atoms with E-state index in [2.05, 4.69) is 0 Å². The summed E-state index contributed by atoms with van der Waals surface area (Å²) in [5.74, 6) is -2.73. The minimum atomic E-state index is -1.49. The van der Waals surface area contributed by atoms with E-state index in [-0.39, 0.29) is 25.3 Å². The molecular formula is C12H10N2O7. The maximum Gasteiger partial charge on any atom is 0.343 e. The molecule has 2 amide bonds. The zero-order valence-electron chi connectivity index (χ0n) is 10.6. The highest BCUT2D eigenvalue weighted by Crippen LogP contribution is 2.24. The Morgan fingerprint density at radius 3 is 2.48 bits per heavy atom.